The molecule has 0 amide bonds. The number of allylic oxidation sites excluding steroid dienone is 1. The van der Waals surface area contributed by atoms with Crippen molar-refractivity contribution >= 4 is 21.6 Å². The van der Waals surface area contributed by atoms with Gasteiger partial charge < -0.3 is 0 Å². The van der Waals surface area contributed by atoms with Gasteiger partial charge in [0.05, 0.1) is 4.75 Å². The molecule has 13 heavy (non-hydrogen) atoms. The Bertz CT molecular complexity index is 264. The third-order valence-corrected chi connectivity index (χ3v) is 3.79. The maximum absolute atomic E-state index is 11.4. The van der Waals surface area contributed by atoms with Gasteiger partial charge in [0.25, 0.3) is 0 Å². The Morgan fingerprint density at radius 1 is 1.31 bits per heavy atom. The maximum atomic E-state index is 11.4. The first-order chi connectivity index (χ1) is 5.81. The van der Waals surface area contributed by atoms with Gasteiger partial charge in [-0.05, 0) is 20.8 Å². The molecule has 0 unspecified atom stereocenters. The Hall–Kier alpha value is -0.0600. The number of rotatable bonds is 4. The Morgan fingerprint density at radius 2 is 1.85 bits per heavy atom. The normalized spacial score (nSPS) is 13.8. The first kappa shape index (κ1) is 12.9. The maximum Gasteiger partial charge on any atom is 0.216 e. The van der Waals surface area contributed by atoms with Crippen molar-refractivity contribution in [2.24, 2.45) is 0 Å². The predicted octanol–water partition coefficient (Wildman–Crippen LogP) is 1.50. The van der Waals surface area contributed by atoms with Crippen LogP contribution in [0.2, 0.25) is 0 Å². The van der Waals surface area contributed by atoms with Crippen LogP contribution in [0.15, 0.2) is 12.2 Å². The van der Waals surface area contributed by atoms with E-state index in [9.17, 15) is 8.42 Å². The molecule has 0 spiro atoms. The quantitative estimate of drug-likeness (QED) is 0.582. The molecule has 0 bridgehead atoms. The second-order valence-corrected chi connectivity index (χ2v) is 6.42. The summed E-state index contributed by atoms with van der Waals surface area (Å²) >= 11 is 5.38. The minimum absolute atomic E-state index is 0.298. The lowest BCUT2D eigenvalue weighted by Crippen LogP contribution is -2.39. The highest BCUT2D eigenvalue weighted by molar-refractivity contribution is 7.90. The molecule has 0 aromatic rings. The number of sulfonamides is 1. The molecule has 0 aliphatic carbocycles. The number of alkyl halides is 1. The third-order valence-electron chi connectivity index (χ3n) is 1.45. The van der Waals surface area contributed by atoms with Gasteiger partial charge in [0.15, 0.2) is 0 Å². The first-order valence-electron chi connectivity index (χ1n) is 4.01. The molecule has 5 heteroatoms. The van der Waals surface area contributed by atoms with Gasteiger partial charge in [-0.25, -0.2) is 13.1 Å². The summed E-state index contributed by atoms with van der Waals surface area (Å²) < 4.78 is 24.6. The minimum Gasteiger partial charge on any atom is -0.212 e. The summed E-state index contributed by atoms with van der Waals surface area (Å²) in [6.45, 7) is 5.26. The molecule has 3 nitrogen and oxygen atoms in total. The van der Waals surface area contributed by atoms with Crippen LogP contribution in [-0.2, 0) is 10.0 Å². The molecule has 0 fully saturated rings. The molecule has 1 N–H and O–H groups in total. The first-order valence-corrected chi connectivity index (χ1v) is 6.03. The van der Waals surface area contributed by atoms with Crippen LogP contribution in [0, 0.1) is 0 Å². The van der Waals surface area contributed by atoms with Gasteiger partial charge >= 0.3 is 0 Å². The van der Waals surface area contributed by atoms with E-state index in [1.807, 2.05) is 0 Å². The molecule has 0 atom stereocenters. The zero-order valence-electron chi connectivity index (χ0n) is 8.17. The molecular formula is C8H16ClNO2S. The highest BCUT2D eigenvalue weighted by atomic mass is 35.5. The zero-order valence-corrected chi connectivity index (χ0v) is 9.74. The molecule has 0 aliphatic heterocycles. The summed E-state index contributed by atoms with van der Waals surface area (Å²) in [5.41, 5.74) is 0. The molecular weight excluding hydrogens is 210 g/mol. The van der Waals surface area contributed by atoms with Gasteiger partial charge in [-0.15, -0.1) is 11.6 Å². The monoisotopic (exact) mass is 225 g/mol. The lowest BCUT2D eigenvalue weighted by Gasteiger charge is -2.18. The van der Waals surface area contributed by atoms with Crippen molar-refractivity contribution in [3.05, 3.63) is 12.2 Å². The fraction of sp³-hybridized carbons (Fsp3) is 0.750. The summed E-state index contributed by atoms with van der Waals surface area (Å²) in [6, 6.07) is 0. The molecule has 0 rings (SSSR count). The van der Waals surface area contributed by atoms with Crippen molar-refractivity contribution < 1.29 is 8.42 Å². The van der Waals surface area contributed by atoms with Crippen LogP contribution >= 0.6 is 11.6 Å². The average Bonchev–Trinajstić information content (AvgIpc) is 1.96. The predicted molar refractivity (Wildman–Crippen MR) is 56.5 cm³/mol. The Balaban J connectivity index is 4.14. The molecule has 0 saturated carbocycles. The van der Waals surface area contributed by atoms with Crippen LogP contribution in [0.25, 0.3) is 0 Å². The van der Waals surface area contributed by atoms with Crippen LogP contribution in [-0.4, -0.2) is 25.6 Å². The summed E-state index contributed by atoms with van der Waals surface area (Å²) in [4.78, 5) is 0. The largest absolute Gasteiger partial charge is 0.216 e. The molecule has 0 saturated heterocycles. The number of hydrogen-bond acceptors (Lipinski definition) is 2. The molecule has 0 aliphatic rings. The van der Waals surface area contributed by atoms with E-state index >= 15 is 0 Å². The second kappa shape index (κ2) is 4.98. The van der Waals surface area contributed by atoms with Crippen LogP contribution < -0.4 is 4.72 Å². The van der Waals surface area contributed by atoms with E-state index in [-0.39, 0.29) is 0 Å². The fourth-order valence-electron chi connectivity index (χ4n) is 0.521. The van der Waals surface area contributed by atoms with Gasteiger partial charge in [-0.3, -0.25) is 0 Å². The summed E-state index contributed by atoms with van der Waals surface area (Å²) in [5, 5.41) is 0. The lowest BCUT2D eigenvalue weighted by molar-refractivity contribution is 0.549. The van der Waals surface area contributed by atoms with E-state index in [4.69, 9.17) is 11.6 Å². The Morgan fingerprint density at radius 3 is 2.23 bits per heavy atom. The molecule has 0 aromatic carbocycles. The van der Waals surface area contributed by atoms with E-state index in [2.05, 4.69) is 4.72 Å². The molecule has 0 heterocycles. The van der Waals surface area contributed by atoms with Crippen LogP contribution in [0.5, 0.6) is 0 Å². The van der Waals surface area contributed by atoms with Crippen LogP contribution in [0.4, 0.5) is 0 Å². The lowest BCUT2D eigenvalue weighted by atomic mass is 10.3. The van der Waals surface area contributed by atoms with Gasteiger partial charge in [0.1, 0.15) is 0 Å². The smallest absolute Gasteiger partial charge is 0.212 e. The Kier molecular flexibility index (Phi) is 4.96. The third kappa shape index (κ3) is 4.64. The van der Waals surface area contributed by atoms with Crippen molar-refractivity contribution in [3.8, 4) is 0 Å². The van der Waals surface area contributed by atoms with E-state index in [1.54, 1.807) is 32.9 Å². The topological polar surface area (TPSA) is 46.2 Å². The van der Waals surface area contributed by atoms with E-state index < -0.39 is 14.8 Å². The summed E-state index contributed by atoms with van der Waals surface area (Å²) in [7, 11) is -3.22. The van der Waals surface area contributed by atoms with Crippen molar-refractivity contribution in [2.75, 3.05) is 12.4 Å². The van der Waals surface area contributed by atoms with Crippen LogP contribution in [0.1, 0.15) is 20.8 Å². The minimum atomic E-state index is -3.22. The SMILES string of the molecule is CC(C)(C)S(=O)(=O)NC/C=C/CCl. The fourth-order valence-corrected chi connectivity index (χ4v) is 1.40. The molecule has 78 valence electrons. The number of halogens is 1. The highest BCUT2D eigenvalue weighted by Crippen LogP contribution is 2.12. The Labute approximate surface area is 85.2 Å². The van der Waals surface area contributed by atoms with Crippen molar-refractivity contribution in [1.29, 1.82) is 0 Å². The van der Waals surface area contributed by atoms with Gasteiger partial charge in [0, 0.05) is 12.4 Å². The molecule has 0 radical (unpaired) electrons. The van der Waals surface area contributed by atoms with Gasteiger partial charge in [0.2, 0.25) is 10.0 Å². The summed E-state index contributed by atoms with van der Waals surface area (Å²) in [6.07, 6.45) is 3.39. The van der Waals surface area contributed by atoms with E-state index in [0.717, 1.165) is 0 Å². The van der Waals surface area contributed by atoms with Crippen LogP contribution in [0.3, 0.4) is 0 Å². The van der Waals surface area contributed by atoms with E-state index in [0.29, 0.717) is 12.4 Å². The molecule has 0 aromatic heterocycles. The summed E-state index contributed by atoms with van der Waals surface area (Å²) in [5.74, 6) is 0.400. The van der Waals surface area contributed by atoms with Gasteiger partial charge in [-0.1, -0.05) is 12.2 Å². The van der Waals surface area contributed by atoms with Crippen molar-refractivity contribution in [2.45, 2.75) is 25.5 Å². The van der Waals surface area contributed by atoms with Crippen molar-refractivity contribution in [1.82, 2.24) is 4.72 Å². The van der Waals surface area contributed by atoms with Gasteiger partial charge in [-0.2, -0.15) is 0 Å². The number of nitrogens with one attached hydrogen (secondary N) is 1. The number of hydrogen-bond donors (Lipinski definition) is 1. The second-order valence-electron chi connectivity index (χ2n) is 3.59. The van der Waals surface area contributed by atoms with Crippen molar-refractivity contribution in [3.63, 3.8) is 0 Å². The highest BCUT2D eigenvalue weighted by Gasteiger charge is 2.27. The average molecular weight is 226 g/mol. The van der Waals surface area contributed by atoms with E-state index in [1.165, 1.54) is 0 Å². The zero-order chi connectivity index (χ0) is 10.5. The standard InChI is InChI=1S/C8H16ClNO2S/c1-8(2,3)13(11,12)10-7-5-4-6-9/h4-5,10H,6-7H2,1-3H3/b5-4+.